The molecule has 5 rings (SSSR count). The molecule has 8 nitrogen and oxygen atoms in total. The third-order valence-electron chi connectivity index (χ3n) is 5.96. The molecule has 0 spiro atoms. The standard InChI is InChI=1S/C19H20F2N4O4/c20-13-15(22)12-16(25(8-1-2-8)5-9(18(12)26)19(27)28)14(21)17(13)24-6-10-11(7-24)29-4-3-23-10/h5,8,10-11,23H,1-4,6-7,22H2,(H,27,28). The zero-order chi connectivity index (χ0) is 20.4. The number of hydrogen-bond donors (Lipinski definition) is 3. The van der Waals surface area contributed by atoms with E-state index < -0.39 is 39.7 Å². The maximum atomic E-state index is 15.7. The Morgan fingerprint density at radius 1 is 1.28 bits per heavy atom. The van der Waals surface area contributed by atoms with Crippen LogP contribution in [0.5, 0.6) is 0 Å². The third-order valence-corrected chi connectivity index (χ3v) is 5.96. The van der Waals surface area contributed by atoms with Crippen LogP contribution >= 0.6 is 0 Å². The molecule has 0 bridgehead atoms. The number of carbonyl (C=O) groups is 1. The molecule has 1 aliphatic carbocycles. The minimum atomic E-state index is -1.46. The Kier molecular flexibility index (Phi) is 4.04. The summed E-state index contributed by atoms with van der Waals surface area (Å²) in [7, 11) is 0. The summed E-state index contributed by atoms with van der Waals surface area (Å²) in [5, 5.41) is 12.2. The molecule has 3 fully saturated rings. The molecule has 4 N–H and O–H groups in total. The van der Waals surface area contributed by atoms with E-state index in [4.69, 9.17) is 10.5 Å². The molecule has 1 aromatic heterocycles. The second-order valence-corrected chi connectivity index (χ2v) is 7.80. The highest BCUT2D eigenvalue weighted by Gasteiger charge is 2.39. The van der Waals surface area contributed by atoms with Gasteiger partial charge >= 0.3 is 5.97 Å². The lowest BCUT2D eigenvalue weighted by molar-refractivity contribution is 0.0212. The number of nitrogens with one attached hydrogen (secondary N) is 1. The number of aromatic carboxylic acids is 1. The van der Waals surface area contributed by atoms with Crippen LogP contribution in [-0.4, -0.2) is 54.0 Å². The van der Waals surface area contributed by atoms with Crippen molar-refractivity contribution in [2.24, 2.45) is 0 Å². The predicted octanol–water partition coefficient (Wildman–Crippen LogP) is 1.07. The van der Waals surface area contributed by atoms with E-state index in [1.54, 1.807) is 4.90 Å². The van der Waals surface area contributed by atoms with Gasteiger partial charge in [-0.3, -0.25) is 4.79 Å². The molecular weight excluding hydrogens is 386 g/mol. The number of carboxylic acids is 1. The zero-order valence-corrected chi connectivity index (χ0v) is 15.5. The van der Waals surface area contributed by atoms with Crippen molar-refractivity contribution in [2.45, 2.75) is 31.0 Å². The fourth-order valence-electron chi connectivity index (χ4n) is 4.40. The molecule has 3 aliphatic rings. The summed E-state index contributed by atoms with van der Waals surface area (Å²) in [6, 6.07) is -0.200. The normalized spacial score (nSPS) is 24.1. The number of halogens is 2. The first kappa shape index (κ1) is 18.3. The molecule has 29 heavy (non-hydrogen) atoms. The summed E-state index contributed by atoms with van der Waals surface area (Å²) >= 11 is 0. The van der Waals surface area contributed by atoms with Crippen LogP contribution in [0.15, 0.2) is 11.0 Å². The Labute approximate surface area is 163 Å². The topological polar surface area (TPSA) is 110 Å². The monoisotopic (exact) mass is 406 g/mol. The summed E-state index contributed by atoms with van der Waals surface area (Å²) in [6.45, 7) is 1.82. The van der Waals surface area contributed by atoms with Crippen molar-refractivity contribution in [3.8, 4) is 0 Å². The number of ether oxygens (including phenoxy) is 1. The Balaban J connectivity index is 1.75. The lowest BCUT2D eigenvalue weighted by atomic mass is 10.1. The molecule has 2 aliphatic heterocycles. The highest BCUT2D eigenvalue weighted by molar-refractivity contribution is 5.99. The van der Waals surface area contributed by atoms with Gasteiger partial charge in [-0.05, 0) is 12.8 Å². The van der Waals surface area contributed by atoms with Crippen molar-refractivity contribution in [1.29, 1.82) is 0 Å². The van der Waals surface area contributed by atoms with Crippen molar-refractivity contribution in [3.05, 3.63) is 33.6 Å². The average molecular weight is 406 g/mol. The van der Waals surface area contributed by atoms with Gasteiger partial charge in [-0.2, -0.15) is 0 Å². The number of fused-ring (bicyclic) bond motifs is 2. The largest absolute Gasteiger partial charge is 0.477 e. The number of rotatable bonds is 3. The lowest BCUT2D eigenvalue weighted by Gasteiger charge is -2.25. The Bertz CT molecular complexity index is 1080. The van der Waals surface area contributed by atoms with Crippen LogP contribution in [0.3, 0.4) is 0 Å². The van der Waals surface area contributed by atoms with E-state index >= 15 is 8.78 Å². The Morgan fingerprint density at radius 2 is 2.03 bits per heavy atom. The summed E-state index contributed by atoms with van der Waals surface area (Å²) in [5.41, 5.74) is 3.45. The molecule has 2 aromatic rings. The van der Waals surface area contributed by atoms with E-state index in [0.29, 0.717) is 32.5 Å². The quantitative estimate of drug-likeness (QED) is 0.654. The van der Waals surface area contributed by atoms with Crippen molar-refractivity contribution < 1.29 is 23.4 Å². The first-order valence-electron chi connectivity index (χ1n) is 9.57. The third kappa shape index (κ3) is 2.70. The van der Waals surface area contributed by atoms with E-state index in [1.165, 1.54) is 4.57 Å². The van der Waals surface area contributed by atoms with E-state index in [2.05, 4.69) is 5.32 Å². The number of morpholine rings is 1. The van der Waals surface area contributed by atoms with Gasteiger partial charge in [-0.15, -0.1) is 0 Å². The fraction of sp³-hybridized carbons (Fsp3) is 0.474. The SMILES string of the molecule is Nc1c(F)c(N2CC3NCCOC3C2)c(F)c2c1c(=O)c(C(=O)O)cn2C1CC1. The molecule has 2 saturated heterocycles. The van der Waals surface area contributed by atoms with E-state index in [9.17, 15) is 14.7 Å². The molecule has 10 heteroatoms. The molecule has 3 heterocycles. The molecule has 2 atom stereocenters. The van der Waals surface area contributed by atoms with Gasteiger partial charge in [0.15, 0.2) is 11.6 Å². The number of pyridine rings is 1. The molecule has 0 radical (unpaired) electrons. The van der Waals surface area contributed by atoms with Gasteiger partial charge in [0.2, 0.25) is 5.43 Å². The van der Waals surface area contributed by atoms with Crippen molar-refractivity contribution in [3.63, 3.8) is 0 Å². The second-order valence-electron chi connectivity index (χ2n) is 7.80. The van der Waals surface area contributed by atoms with Crippen molar-refractivity contribution >= 4 is 28.2 Å². The Morgan fingerprint density at radius 3 is 2.69 bits per heavy atom. The van der Waals surface area contributed by atoms with Crippen molar-refractivity contribution in [2.75, 3.05) is 36.9 Å². The molecular formula is C19H20F2N4O4. The molecule has 2 unspecified atom stereocenters. The average Bonchev–Trinajstić information content (AvgIpc) is 3.44. The van der Waals surface area contributed by atoms with Gasteiger partial charge in [-0.25, -0.2) is 13.6 Å². The van der Waals surface area contributed by atoms with E-state index in [-0.39, 0.29) is 35.9 Å². The zero-order valence-electron chi connectivity index (χ0n) is 15.5. The molecule has 1 aromatic carbocycles. The van der Waals surface area contributed by atoms with Gasteiger partial charge in [0, 0.05) is 31.9 Å². The van der Waals surface area contributed by atoms with Crippen LogP contribution in [0, 0.1) is 11.6 Å². The maximum absolute atomic E-state index is 15.7. The van der Waals surface area contributed by atoms with Crippen LogP contribution in [0.25, 0.3) is 10.9 Å². The van der Waals surface area contributed by atoms with Crippen molar-refractivity contribution in [1.82, 2.24) is 9.88 Å². The molecule has 1 saturated carbocycles. The summed E-state index contributed by atoms with van der Waals surface area (Å²) in [6.07, 6.45) is 2.38. The summed E-state index contributed by atoms with van der Waals surface area (Å²) < 4.78 is 38.0. The number of hydrogen-bond acceptors (Lipinski definition) is 6. The first-order chi connectivity index (χ1) is 13.9. The highest BCUT2D eigenvalue weighted by Crippen LogP contribution is 2.42. The van der Waals surface area contributed by atoms with Gasteiger partial charge in [0.25, 0.3) is 0 Å². The van der Waals surface area contributed by atoms with Gasteiger partial charge in [0.05, 0.1) is 35.3 Å². The number of anilines is 2. The number of benzene rings is 1. The number of carboxylic acid groups (broad SMARTS) is 1. The van der Waals surface area contributed by atoms with E-state index in [1.807, 2.05) is 0 Å². The minimum absolute atomic E-state index is 0.0560. The summed E-state index contributed by atoms with van der Waals surface area (Å²) in [5.74, 6) is -3.40. The number of nitrogens with two attached hydrogens (primary N) is 1. The molecule has 154 valence electrons. The maximum Gasteiger partial charge on any atom is 0.341 e. The van der Waals surface area contributed by atoms with Crippen LogP contribution in [0.4, 0.5) is 20.2 Å². The number of aromatic nitrogens is 1. The van der Waals surface area contributed by atoms with Crippen LogP contribution < -0.4 is 21.4 Å². The van der Waals surface area contributed by atoms with Crippen LogP contribution in [0.1, 0.15) is 29.2 Å². The number of nitrogen functional groups attached to an aromatic ring is 1. The predicted molar refractivity (Wildman–Crippen MR) is 102 cm³/mol. The number of nitrogens with zero attached hydrogens (tertiary/aromatic N) is 2. The van der Waals surface area contributed by atoms with Gasteiger partial charge in [-0.1, -0.05) is 0 Å². The minimum Gasteiger partial charge on any atom is -0.477 e. The van der Waals surface area contributed by atoms with E-state index in [0.717, 1.165) is 6.20 Å². The smallest absolute Gasteiger partial charge is 0.341 e. The lowest BCUT2D eigenvalue weighted by Crippen LogP contribution is -2.47. The summed E-state index contributed by atoms with van der Waals surface area (Å²) in [4.78, 5) is 25.7. The second kappa shape index (κ2) is 6.39. The Hall–Kier alpha value is -2.72. The molecule has 0 amide bonds. The van der Waals surface area contributed by atoms with Crippen LogP contribution in [0.2, 0.25) is 0 Å². The van der Waals surface area contributed by atoms with Gasteiger partial charge in [0.1, 0.15) is 11.3 Å². The fourth-order valence-corrected chi connectivity index (χ4v) is 4.40. The highest BCUT2D eigenvalue weighted by atomic mass is 19.1. The van der Waals surface area contributed by atoms with Crippen LogP contribution in [-0.2, 0) is 4.74 Å². The van der Waals surface area contributed by atoms with Gasteiger partial charge < -0.3 is 30.4 Å². The first-order valence-corrected chi connectivity index (χ1v) is 9.57.